The van der Waals surface area contributed by atoms with Crippen LogP contribution in [-0.4, -0.2) is 0 Å². The first-order valence-corrected chi connectivity index (χ1v) is 30.9. The Bertz CT molecular complexity index is 2970. The molecule has 8 aromatic rings. The van der Waals surface area contributed by atoms with Gasteiger partial charge in [0.2, 0.25) is 0 Å². The Labute approximate surface area is 495 Å². The number of hydrogen-bond donors (Lipinski definition) is 0. The predicted molar refractivity (Wildman–Crippen MR) is 371 cm³/mol. The van der Waals surface area contributed by atoms with Crippen LogP contribution in [0.1, 0.15) is 266 Å². The summed E-state index contributed by atoms with van der Waals surface area (Å²) in [7, 11) is 0. The molecule has 0 heteroatoms. The molecular formula is C80H120. The molecule has 0 spiro atoms. The Balaban J connectivity index is 0.000000511. The average Bonchev–Trinajstić information content (AvgIpc) is 3.38. The largest absolute Gasteiger partial charge is 0.0683 e. The molecule has 0 N–H and O–H groups in total. The van der Waals surface area contributed by atoms with Gasteiger partial charge in [-0.2, -0.15) is 0 Å². The van der Waals surface area contributed by atoms with Crippen molar-refractivity contribution in [1.82, 2.24) is 0 Å². The van der Waals surface area contributed by atoms with Crippen LogP contribution in [0.15, 0.2) is 146 Å². The van der Waals surface area contributed by atoms with Crippen LogP contribution in [0.25, 0.3) is 43.1 Å². The van der Waals surface area contributed by atoms with Crippen molar-refractivity contribution in [3.05, 3.63) is 190 Å². The van der Waals surface area contributed by atoms with Crippen molar-refractivity contribution in [2.45, 2.75) is 265 Å². The second-order valence-corrected chi connectivity index (χ2v) is 28.9. The summed E-state index contributed by atoms with van der Waals surface area (Å²) in [5.41, 5.74) is 13.0. The molecule has 0 aromatic heterocycles. The molecule has 0 saturated carbocycles. The van der Waals surface area contributed by atoms with Crippen molar-refractivity contribution in [2.75, 3.05) is 0 Å². The molecule has 0 aliphatic rings. The molecule has 0 heterocycles. The molecule has 0 unspecified atom stereocenters. The van der Waals surface area contributed by atoms with Gasteiger partial charge in [0.25, 0.3) is 0 Å². The van der Waals surface area contributed by atoms with Crippen LogP contribution in [0.4, 0.5) is 0 Å². The minimum absolute atomic E-state index is 0.181. The fourth-order valence-electron chi connectivity index (χ4n) is 10.0. The van der Waals surface area contributed by atoms with Gasteiger partial charge in [-0.1, -0.05) is 367 Å². The molecule has 0 fully saturated rings. The van der Waals surface area contributed by atoms with Crippen molar-refractivity contribution in [3.63, 3.8) is 0 Å². The standard InChI is InChI=1S/4C18H24.4C2H6/c1-17(2,3)15-11-7-10-14-13(15)9-8-12-16(14)18(4,5)6;1-17(2,3)14-11-7-9-13-10-8-12-15(16(13)14)18(4,5)6;1-17(2,3)14-10-11-15-13(12-14)8-7-9-16(15)18(4,5)6;1-17(2,3)14-11-10-13-8-7-9-16(15(13)12-14)18(4,5)6;4*1-2/h4*7-12H,1-6H3;4*1-2H3. The molecule has 0 amide bonds. The second-order valence-electron chi connectivity index (χ2n) is 28.9. The van der Waals surface area contributed by atoms with E-state index < -0.39 is 0 Å². The van der Waals surface area contributed by atoms with Crippen molar-refractivity contribution < 1.29 is 0 Å². The summed E-state index contributed by atoms with van der Waals surface area (Å²) < 4.78 is 0. The molecule has 0 atom stereocenters. The van der Waals surface area contributed by atoms with Crippen molar-refractivity contribution in [3.8, 4) is 0 Å². The number of hydrogen-bond acceptors (Lipinski definition) is 0. The molecule has 8 aromatic carbocycles. The molecule has 0 aliphatic carbocycles. The predicted octanol–water partition coefficient (Wildman–Crippen LogP) is 25.8. The van der Waals surface area contributed by atoms with Crippen LogP contribution < -0.4 is 0 Å². The Morgan fingerprint density at radius 3 is 0.787 bits per heavy atom. The van der Waals surface area contributed by atoms with Gasteiger partial charge in [-0.05, 0) is 131 Å². The number of rotatable bonds is 0. The maximum Gasteiger partial charge on any atom is -0.0109 e. The minimum atomic E-state index is 0.181. The van der Waals surface area contributed by atoms with Gasteiger partial charge in [-0.25, -0.2) is 0 Å². The highest BCUT2D eigenvalue weighted by molar-refractivity contribution is 5.92. The maximum absolute atomic E-state index is 2.37. The van der Waals surface area contributed by atoms with E-state index in [9.17, 15) is 0 Å². The minimum Gasteiger partial charge on any atom is -0.0683 e. The highest BCUT2D eigenvalue weighted by Gasteiger charge is 2.25. The average molecular weight is 1080 g/mol. The van der Waals surface area contributed by atoms with Gasteiger partial charge in [0.15, 0.2) is 0 Å². The molecule has 0 radical (unpaired) electrons. The van der Waals surface area contributed by atoms with E-state index in [1.807, 2.05) is 55.4 Å². The lowest BCUT2D eigenvalue weighted by atomic mass is 9.77. The zero-order valence-corrected chi connectivity index (χ0v) is 57.9. The summed E-state index contributed by atoms with van der Waals surface area (Å²) in [5.74, 6) is 0. The lowest BCUT2D eigenvalue weighted by molar-refractivity contribution is 0.581. The molecule has 80 heavy (non-hydrogen) atoms. The van der Waals surface area contributed by atoms with Crippen molar-refractivity contribution in [2.24, 2.45) is 0 Å². The van der Waals surface area contributed by atoms with Crippen LogP contribution in [0.2, 0.25) is 0 Å². The second kappa shape index (κ2) is 29.7. The Morgan fingerprint density at radius 2 is 0.450 bits per heavy atom. The van der Waals surface area contributed by atoms with E-state index in [1.54, 1.807) is 0 Å². The fraction of sp³-hybridized carbons (Fsp3) is 0.500. The van der Waals surface area contributed by atoms with Crippen LogP contribution in [0.5, 0.6) is 0 Å². The van der Waals surface area contributed by atoms with E-state index in [2.05, 4.69) is 312 Å². The number of fused-ring (bicyclic) bond motifs is 4. The van der Waals surface area contributed by atoms with E-state index in [0.29, 0.717) is 0 Å². The summed E-state index contributed by atoms with van der Waals surface area (Å²) in [6.45, 7) is 70.8. The summed E-state index contributed by atoms with van der Waals surface area (Å²) in [6.07, 6.45) is 0. The van der Waals surface area contributed by atoms with Crippen LogP contribution in [0.3, 0.4) is 0 Å². The molecular weight excluding hydrogens is 961 g/mol. The van der Waals surface area contributed by atoms with Gasteiger partial charge in [-0.15, -0.1) is 0 Å². The SMILES string of the molecule is CC.CC.CC.CC.CC(C)(C)c1ccc2c(C(C)(C)C)cccc2c1.CC(C)(C)c1ccc2cccc(C(C)(C)C)c2c1.CC(C)(C)c1cccc2c(C(C)(C)C)cccc12.CC(C)(C)c1cccc2cccc(C(C)(C)C)c12. The van der Waals surface area contributed by atoms with Gasteiger partial charge in [-0.3, -0.25) is 0 Å². The van der Waals surface area contributed by atoms with Gasteiger partial charge in [0.05, 0.1) is 0 Å². The zero-order chi connectivity index (χ0) is 62.2. The summed E-state index contributed by atoms with van der Waals surface area (Å²) in [4.78, 5) is 0. The third kappa shape index (κ3) is 20.1. The highest BCUT2D eigenvalue weighted by atomic mass is 14.3. The van der Waals surface area contributed by atoms with Gasteiger partial charge in [0, 0.05) is 0 Å². The topological polar surface area (TPSA) is 0 Å². The van der Waals surface area contributed by atoms with Crippen LogP contribution in [-0.2, 0) is 43.3 Å². The highest BCUT2D eigenvalue weighted by Crippen LogP contribution is 2.39. The lowest BCUT2D eigenvalue weighted by Gasteiger charge is -2.27. The first kappa shape index (κ1) is 72.8. The van der Waals surface area contributed by atoms with Gasteiger partial charge in [0.1, 0.15) is 0 Å². The first-order chi connectivity index (χ1) is 36.8. The number of benzene rings is 8. The Kier molecular flexibility index (Phi) is 27.0. The maximum atomic E-state index is 2.37. The molecule has 8 rings (SSSR count). The van der Waals surface area contributed by atoms with Crippen LogP contribution in [0, 0.1) is 0 Å². The quantitative estimate of drug-likeness (QED) is 0.142. The summed E-state index contributed by atoms with van der Waals surface area (Å²) in [6, 6.07) is 53.8. The van der Waals surface area contributed by atoms with Gasteiger partial charge < -0.3 is 0 Å². The smallest absolute Gasteiger partial charge is 0.0109 e. The van der Waals surface area contributed by atoms with E-state index in [1.165, 1.54) is 87.6 Å². The van der Waals surface area contributed by atoms with E-state index in [0.717, 1.165) is 0 Å². The molecule has 0 nitrogen and oxygen atoms in total. The lowest BCUT2D eigenvalue weighted by Crippen LogP contribution is -2.17. The fourth-order valence-corrected chi connectivity index (χ4v) is 10.0. The van der Waals surface area contributed by atoms with Crippen LogP contribution >= 0.6 is 0 Å². The third-order valence-corrected chi connectivity index (χ3v) is 14.2. The Hall–Kier alpha value is -5.20. The van der Waals surface area contributed by atoms with Crippen molar-refractivity contribution in [1.29, 1.82) is 0 Å². The molecule has 440 valence electrons. The van der Waals surface area contributed by atoms with Crippen molar-refractivity contribution >= 4 is 43.1 Å². The monoisotopic (exact) mass is 1080 g/mol. The molecule has 0 saturated heterocycles. The zero-order valence-electron chi connectivity index (χ0n) is 57.9. The third-order valence-electron chi connectivity index (χ3n) is 14.2. The molecule has 0 bridgehead atoms. The van der Waals surface area contributed by atoms with E-state index in [4.69, 9.17) is 0 Å². The summed E-state index contributed by atoms with van der Waals surface area (Å²) in [5, 5.41) is 11.1. The van der Waals surface area contributed by atoms with E-state index in [-0.39, 0.29) is 43.3 Å². The normalized spacial score (nSPS) is 12.0. The first-order valence-electron chi connectivity index (χ1n) is 30.9. The molecule has 0 aliphatic heterocycles. The summed E-state index contributed by atoms with van der Waals surface area (Å²) >= 11 is 0. The van der Waals surface area contributed by atoms with Gasteiger partial charge >= 0.3 is 0 Å². The Morgan fingerprint density at radius 1 is 0.188 bits per heavy atom. The van der Waals surface area contributed by atoms with E-state index >= 15 is 0 Å².